The Kier molecular flexibility index (Phi) is 4.76. The van der Waals surface area contributed by atoms with Gasteiger partial charge in [-0.25, -0.2) is 0 Å². The molecule has 0 N–H and O–H groups in total. The van der Waals surface area contributed by atoms with Crippen molar-refractivity contribution in [1.29, 1.82) is 0 Å². The van der Waals surface area contributed by atoms with E-state index in [1.807, 2.05) is 0 Å². The van der Waals surface area contributed by atoms with E-state index in [1.165, 1.54) is 11.0 Å². The van der Waals surface area contributed by atoms with Gasteiger partial charge in [-0.3, -0.25) is 9.59 Å². The average molecular weight is 171 g/mol. The molecule has 4 heteroatoms. The molecule has 0 spiro atoms. The van der Waals surface area contributed by atoms with Gasteiger partial charge in [-0.05, 0) is 0 Å². The van der Waals surface area contributed by atoms with Gasteiger partial charge in [0.1, 0.15) is 0 Å². The maximum Gasteiger partial charge on any atom is 0.310 e. The monoisotopic (exact) mass is 171 g/mol. The Hall–Kier alpha value is -1.32. The molecule has 4 nitrogen and oxygen atoms in total. The van der Waals surface area contributed by atoms with Crippen LogP contribution in [0.5, 0.6) is 0 Å². The molecule has 0 rings (SSSR count). The van der Waals surface area contributed by atoms with Gasteiger partial charge in [-0.2, -0.15) is 0 Å². The Morgan fingerprint density at radius 3 is 2.42 bits per heavy atom. The molecule has 0 bridgehead atoms. The fourth-order valence-electron chi connectivity index (χ4n) is 0.401. The van der Waals surface area contributed by atoms with Crippen LogP contribution < -0.4 is 0 Å². The summed E-state index contributed by atoms with van der Waals surface area (Å²) in [5.74, 6) is -0.559. The van der Waals surface area contributed by atoms with E-state index in [2.05, 4.69) is 4.74 Å². The molecule has 0 radical (unpaired) electrons. The minimum Gasteiger partial charge on any atom is -0.434 e. The second-order valence-corrected chi connectivity index (χ2v) is 2.38. The highest BCUT2D eigenvalue weighted by Gasteiger charge is 1.98. The normalized spacial score (nSPS) is 9.92. The van der Waals surface area contributed by atoms with Crippen molar-refractivity contribution in [1.82, 2.24) is 4.90 Å². The largest absolute Gasteiger partial charge is 0.434 e. The number of hydrogen-bond acceptors (Lipinski definition) is 3. The topological polar surface area (TPSA) is 46.6 Å². The first-order chi connectivity index (χ1) is 5.57. The number of nitrogens with zero attached hydrogens (tertiary/aromatic N) is 1. The predicted octanol–water partition coefficient (Wildman–Crippen LogP) is 0.541. The first-order valence-corrected chi connectivity index (χ1v) is 3.65. The molecule has 0 atom stereocenters. The summed E-state index contributed by atoms with van der Waals surface area (Å²) in [4.78, 5) is 22.8. The van der Waals surface area contributed by atoms with Gasteiger partial charge in [-0.1, -0.05) is 6.92 Å². The number of esters is 1. The second-order valence-electron chi connectivity index (χ2n) is 2.38. The zero-order chi connectivity index (χ0) is 9.56. The molecule has 0 fully saturated rings. The number of rotatable bonds is 3. The van der Waals surface area contributed by atoms with Crippen LogP contribution in [0.2, 0.25) is 0 Å². The minimum absolute atomic E-state index is 0.209. The zero-order valence-electron chi connectivity index (χ0n) is 7.53. The third-order valence-corrected chi connectivity index (χ3v) is 1.14. The molecule has 0 heterocycles. The third kappa shape index (κ3) is 4.49. The third-order valence-electron chi connectivity index (χ3n) is 1.14. The lowest BCUT2D eigenvalue weighted by molar-refractivity contribution is -0.137. The van der Waals surface area contributed by atoms with Crippen LogP contribution in [0, 0.1) is 0 Å². The smallest absolute Gasteiger partial charge is 0.310 e. The van der Waals surface area contributed by atoms with Crippen LogP contribution in [-0.4, -0.2) is 30.9 Å². The van der Waals surface area contributed by atoms with Crippen LogP contribution in [0.3, 0.4) is 0 Å². The van der Waals surface area contributed by atoms with Crippen molar-refractivity contribution in [2.24, 2.45) is 0 Å². The summed E-state index contributed by atoms with van der Waals surface area (Å²) in [7, 11) is 3.24. The summed E-state index contributed by atoms with van der Waals surface area (Å²) in [5, 5.41) is 0. The summed E-state index contributed by atoms with van der Waals surface area (Å²) in [6, 6.07) is 0. The molecular weight excluding hydrogens is 158 g/mol. The Labute approximate surface area is 71.8 Å². The van der Waals surface area contributed by atoms with E-state index in [1.54, 1.807) is 21.0 Å². The summed E-state index contributed by atoms with van der Waals surface area (Å²) in [6.45, 7) is 1.68. The Bertz CT molecular complexity index is 196. The molecule has 0 saturated carbocycles. The highest BCUT2D eigenvalue weighted by Crippen LogP contribution is 1.87. The number of likely N-dealkylation sites (N-methyl/N-ethyl adjacent to an activating group) is 1. The van der Waals surface area contributed by atoms with Crippen molar-refractivity contribution < 1.29 is 14.3 Å². The molecule has 12 heavy (non-hydrogen) atoms. The predicted molar refractivity (Wildman–Crippen MR) is 44.2 cm³/mol. The molecule has 0 aromatic carbocycles. The van der Waals surface area contributed by atoms with Crippen LogP contribution >= 0.6 is 0 Å². The fraction of sp³-hybridized carbons (Fsp3) is 0.500. The fourth-order valence-corrected chi connectivity index (χ4v) is 0.401. The summed E-state index contributed by atoms with van der Waals surface area (Å²) in [6.07, 6.45) is 2.61. The van der Waals surface area contributed by atoms with Crippen molar-refractivity contribution in [3.63, 3.8) is 0 Å². The molecule has 0 aliphatic heterocycles. The van der Waals surface area contributed by atoms with Crippen molar-refractivity contribution >= 4 is 11.9 Å². The summed E-state index contributed by atoms with van der Waals surface area (Å²) >= 11 is 0. The lowest BCUT2D eigenvalue weighted by Crippen LogP contribution is -2.18. The standard InChI is InChI=1S/C8H13NO3/c1-4-8(11)12-6-5-7(10)9(2)3/h5-6H,4H2,1-3H3. The molecule has 0 aromatic rings. The van der Waals surface area contributed by atoms with Crippen molar-refractivity contribution in [3.8, 4) is 0 Å². The SMILES string of the molecule is CCC(=O)OC=CC(=O)N(C)C. The number of ether oxygens (including phenoxy) is 1. The molecule has 68 valence electrons. The summed E-state index contributed by atoms with van der Waals surface area (Å²) < 4.78 is 4.54. The Balaban J connectivity index is 3.77. The van der Waals surface area contributed by atoms with E-state index < -0.39 is 0 Å². The van der Waals surface area contributed by atoms with Crippen LogP contribution in [0.25, 0.3) is 0 Å². The van der Waals surface area contributed by atoms with Gasteiger partial charge in [0.15, 0.2) is 0 Å². The van der Waals surface area contributed by atoms with Gasteiger partial charge in [0.05, 0.1) is 6.26 Å². The van der Waals surface area contributed by atoms with Gasteiger partial charge in [0.25, 0.3) is 0 Å². The van der Waals surface area contributed by atoms with Gasteiger partial charge in [0, 0.05) is 26.6 Å². The van der Waals surface area contributed by atoms with Crippen molar-refractivity contribution in [2.75, 3.05) is 14.1 Å². The van der Waals surface area contributed by atoms with Gasteiger partial charge >= 0.3 is 5.97 Å². The lowest BCUT2D eigenvalue weighted by Gasteiger charge is -2.04. The number of amides is 1. The van der Waals surface area contributed by atoms with Gasteiger partial charge in [-0.15, -0.1) is 0 Å². The van der Waals surface area contributed by atoms with Crippen LogP contribution in [0.1, 0.15) is 13.3 Å². The Morgan fingerprint density at radius 1 is 1.42 bits per heavy atom. The number of carbonyl (C=O) groups is 2. The van der Waals surface area contributed by atoms with E-state index in [9.17, 15) is 9.59 Å². The molecular formula is C8H13NO3. The maximum absolute atomic E-state index is 10.9. The first kappa shape index (κ1) is 10.7. The molecule has 0 saturated heterocycles. The molecule has 0 aliphatic carbocycles. The summed E-state index contributed by atoms with van der Waals surface area (Å²) in [5.41, 5.74) is 0. The van der Waals surface area contributed by atoms with E-state index in [0.29, 0.717) is 6.42 Å². The van der Waals surface area contributed by atoms with E-state index in [-0.39, 0.29) is 11.9 Å². The van der Waals surface area contributed by atoms with Crippen molar-refractivity contribution in [2.45, 2.75) is 13.3 Å². The first-order valence-electron chi connectivity index (χ1n) is 3.65. The zero-order valence-corrected chi connectivity index (χ0v) is 7.53. The Morgan fingerprint density at radius 2 is 2.00 bits per heavy atom. The van der Waals surface area contributed by atoms with E-state index in [0.717, 1.165) is 6.26 Å². The number of hydrogen-bond donors (Lipinski definition) is 0. The van der Waals surface area contributed by atoms with Crippen LogP contribution in [0.15, 0.2) is 12.3 Å². The highest BCUT2D eigenvalue weighted by molar-refractivity contribution is 5.87. The molecule has 0 aliphatic rings. The van der Waals surface area contributed by atoms with Gasteiger partial charge < -0.3 is 9.64 Å². The molecule has 1 amide bonds. The number of carbonyl (C=O) groups excluding carboxylic acids is 2. The maximum atomic E-state index is 10.9. The second kappa shape index (κ2) is 5.35. The van der Waals surface area contributed by atoms with E-state index >= 15 is 0 Å². The van der Waals surface area contributed by atoms with Crippen molar-refractivity contribution in [3.05, 3.63) is 12.3 Å². The molecule has 0 unspecified atom stereocenters. The average Bonchev–Trinajstić information content (AvgIpc) is 2.03. The van der Waals surface area contributed by atoms with Crippen LogP contribution in [-0.2, 0) is 14.3 Å². The van der Waals surface area contributed by atoms with Crippen LogP contribution in [0.4, 0.5) is 0 Å². The molecule has 0 aromatic heterocycles. The quantitative estimate of drug-likeness (QED) is 0.354. The lowest BCUT2D eigenvalue weighted by atomic mass is 10.5. The van der Waals surface area contributed by atoms with Gasteiger partial charge in [0.2, 0.25) is 5.91 Å². The van der Waals surface area contributed by atoms with E-state index in [4.69, 9.17) is 0 Å². The minimum atomic E-state index is -0.349. The highest BCUT2D eigenvalue weighted by atomic mass is 16.5.